The van der Waals surface area contributed by atoms with Crippen LogP contribution in [0.5, 0.6) is 11.5 Å². The molecule has 1 aliphatic heterocycles. The quantitative estimate of drug-likeness (QED) is 0.410. The number of hydrogen-bond acceptors (Lipinski definition) is 4. The zero-order chi connectivity index (χ0) is 25.6. The van der Waals surface area contributed by atoms with Gasteiger partial charge in [0.2, 0.25) is 0 Å². The van der Waals surface area contributed by atoms with E-state index in [0.717, 1.165) is 56.4 Å². The monoisotopic (exact) mass is 494 g/mol. The predicted molar refractivity (Wildman–Crippen MR) is 152 cm³/mol. The largest absolute Gasteiger partial charge is 0.497 e. The molecule has 1 saturated heterocycles. The highest BCUT2D eigenvalue weighted by molar-refractivity contribution is 5.90. The summed E-state index contributed by atoms with van der Waals surface area (Å²) < 4.78 is 11.2. The molecule has 0 amide bonds. The van der Waals surface area contributed by atoms with Gasteiger partial charge in [-0.1, -0.05) is 44.2 Å². The average Bonchev–Trinajstić information content (AvgIpc) is 3.46. The maximum absolute atomic E-state index is 5.65. The first-order valence-electron chi connectivity index (χ1n) is 13.7. The number of aryl methyl sites for hydroxylation is 1. The molecule has 4 heteroatoms. The van der Waals surface area contributed by atoms with Gasteiger partial charge in [-0.05, 0) is 88.5 Å². The van der Waals surface area contributed by atoms with E-state index in [-0.39, 0.29) is 5.41 Å². The van der Waals surface area contributed by atoms with E-state index in [1.54, 1.807) is 14.2 Å². The van der Waals surface area contributed by atoms with E-state index >= 15 is 0 Å². The third-order valence-electron chi connectivity index (χ3n) is 8.51. The van der Waals surface area contributed by atoms with Gasteiger partial charge in [-0.2, -0.15) is 0 Å². The van der Waals surface area contributed by atoms with Gasteiger partial charge in [0.1, 0.15) is 11.5 Å². The summed E-state index contributed by atoms with van der Waals surface area (Å²) in [7, 11) is 3.50. The van der Waals surface area contributed by atoms with Crippen molar-refractivity contribution in [3.63, 3.8) is 0 Å². The van der Waals surface area contributed by atoms with Crippen LogP contribution in [-0.4, -0.2) is 51.8 Å². The van der Waals surface area contributed by atoms with Crippen molar-refractivity contribution < 1.29 is 9.47 Å². The van der Waals surface area contributed by atoms with Crippen LogP contribution in [-0.2, 0) is 11.8 Å². The molecular weight excluding hydrogens is 456 g/mol. The first-order chi connectivity index (χ1) is 18.0. The van der Waals surface area contributed by atoms with Crippen molar-refractivity contribution >= 4 is 11.3 Å². The molecule has 192 valence electrons. The van der Waals surface area contributed by atoms with Crippen molar-refractivity contribution in [3.8, 4) is 11.5 Å². The van der Waals surface area contributed by atoms with E-state index in [2.05, 4.69) is 90.4 Å². The standard InChI is InChI=1S/C33H38N2O2/c1-23(2)22-34-15-17-35(18-16-34)26-7-5-24(6-8-26)30-21-33(32-12-10-28(37-4)20-29(30)32)14-13-25-19-27(36-3)9-11-31(25)33/h5-12,19-21,23H,13-18,22H2,1-4H3. The lowest BCUT2D eigenvalue weighted by molar-refractivity contribution is 0.231. The highest BCUT2D eigenvalue weighted by Crippen LogP contribution is 2.54. The van der Waals surface area contributed by atoms with Crippen LogP contribution in [0.4, 0.5) is 5.69 Å². The molecule has 1 spiro atoms. The summed E-state index contributed by atoms with van der Waals surface area (Å²) in [5.74, 6) is 2.57. The Morgan fingerprint density at radius 1 is 0.811 bits per heavy atom. The Bertz CT molecular complexity index is 1320. The maximum Gasteiger partial charge on any atom is 0.119 e. The van der Waals surface area contributed by atoms with Crippen molar-refractivity contribution in [2.75, 3.05) is 51.8 Å². The minimum absolute atomic E-state index is 0.0933. The molecule has 2 aliphatic carbocycles. The zero-order valence-electron chi connectivity index (χ0n) is 22.6. The van der Waals surface area contributed by atoms with Crippen LogP contribution in [0.25, 0.3) is 5.57 Å². The second-order valence-corrected chi connectivity index (χ2v) is 11.2. The third kappa shape index (κ3) is 4.21. The highest BCUT2D eigenvalue weighted by Gasteiger charge is 2.44. The van der Waals surface area contributed by atoms with Crippen LogP contribution in [0, 0.1) is 5.92 Å². The summed E-state index contributed by atoms with van der Waals surface area (Å²) in [6.45, 7) is 10.3. The number of anilines is 1. The number of allylic oxidation sites excluding steroid dienone is 1. The van der Waals surface area contributed by atoms with Gasteiger partial charge in [0, 0.05) is 43.8 Å². The van der Waals surface area contributed by atoms with Crippen molar-refractivity contribution in [1.29, 1.82) is 0 Å². The molecule has 3 aromatic rings. The number of benzene rings is 3. The van der Waals surface area contributed by atoms with E-state index in [1.165, 1.54) is 45.6 Å². The van der Waals surface area contributed by atoms with E-state index in [4.69, 9.17) is 9.47 Å². The summed E-state index contributed by atoms with van der Waals surface area (Å²) in [5.41, 5.74) is 9.29. The van der Waals surface area contributed by atoms with Crippen LogP contribution in [0.1, 0.15) is 48.1 Å². The van der Waals surface area contributed by atoms with E-state index < -0.39 is 0 Å². The summed E-state index contributed by atoms with van der Waals surface area (Å²) in [4.78, 5) is 5.13. The fourth-order valence-electron chi connectivity index (χ4n) is 6.70. The Morgan fingerprint density at radius 2 is 1.49 bits per heavy atom. The number of rotatable bonds is 6. The number of methoxy groups -OCH3 is 2. The Labute approximate surface area is 221 Å². The minimum Gasteiger partial charge on any atom is -0.497 e. The number of fused-ring (bicyclic) bond motifs is 4. The van der Waals surface area contributed by atoms with Crippen LogP contribution in [0.2, 0.25) is 0 Å². The summed E-state index contributed by atoms with van der Waals surface area (Å²) in [5, 5.41) is 0. The van der Waals surface area contributed by atoms with Gasteiger partial charge in [-0.25, -0.2) is 0 Å². The topological polar surface area (TPSA) is 24.9 Å². The SMILES string of the molecule is COc1ccc2c(c1)CCC21C=C(c2ccc(N3CCN(CC(C)C)CC3)cc2)c2cc(OC)ccc21. The second kappa shape index (κ2) is 9.57. The summed E-state index contributed by atoms with van der Waals surface area (Å²) in [6, 6.07) is 22.5. The zero-order valence-corrected chi connectivity index (χ0v) is 22.6. The Morgan fingerprint density at radius 3 is 2.16 bits per heavy atom. The Balaban J connectivity index is 1.33. The highest BCUT2D eigenvalue weighted by atomic mass is 16.5. The molecule has 0 radical (unpaired) electrons. The molecule has 1 fully saturated rings. The first kappa shape index (κ1) is 24.1. The van der Waals surface area contributed by atoms with Gasteiger partial charge in [-0.15, -0.1) is 0 Å². The lowest BCUT2D eigenvalue weighted by Crippen LogP contribution is -2.47. The fourth-order valence-corrected chi connectivity index (χ4v) is 6.70. The molecule has 0 N–H and O–H groups in total. The minimum atomic E-state index is -0.0933. The van der Waals surface area contributed by atoms with E-state index in [9.17, 15) is 0 Å². The lowest BCUT2D eigenvalue weighted by atomic mass is 9.77. The van der Waals surface area contributed by atoms with Crippen LogP contribution >= 0.6 is 0 Å². The summed E-state index contributed by atoms with van der Waals surface area (Å²) >= 11 is 0. The van der Waals surface area contributed by atoms with Crippen molar-refractivity contribution in [2.24, 2.45) is 5.92 Å². The maximum atomic E-state index is 5.65. The molecule has 4 nitrogen and oxygen atoms in total. The number of nitrogens with zero attached hydrogens (tertiary/aromatic N) is 2. The van der Waals surface area contributed by atoms with E-state index in [0.29, 0.717) is 0 Å². The lowest BCUT2D eigenvalue weighted by Gasteiger charge is -2.36. The second-order valence-electron chi connectivity index (χ2n) is 11.2. The van der Waals surface area contributed by atoms with Gasteiger partial charge >= 0.3 is 0 Å². The van der Waals surface area contributed by atoms with Gasteiger partial charge in [0.25, 0.3) is 0 Å². The Hall–Kier alpha value is -3.24. The van der Waals surface area contributed by atoms with Crippen LogP contribution in [0.3, 0.4) is 0 Å². The van der Waals surface area contributed by atoms with E-state index in [1.807, 2.05) is 0 Å². The van der Waals surface area contributed by atoms with Gasteiger partial charge in [-0.3, -0.25) is 4.90 Å². The van der Waals surface area contributed by atoms with Crippen molar-refractivity contribution in [3.05, 3.63) is 94.6 Å². The molecule has 1 atom stereocenters. The molecule has 0 aromatic heterocycles. The van der Waals surface area contributed by atoms with Crippen molar-refractivity contribution in [1.82, 2.24) is 4.90 Å². The van der Waals surface area contributed by atoms with Gasteiger partial charge in [0.15, 0.2) is 0 Å². The molecule has 1 heterocycles. The third-order valence-corrected chi connectivity index (χ3v) is 8.51. The first-order valence-corrected chi connectivity index (χ1v) is 13.7. The smallest absolute Gasteiger partial charge is 0.119 e. The summed E-state index contributed by atoms with van der Waals surface area (Å²) in [6.07, 6.45) is 4.66. The molecule has 3 aliphatic rings. The molecule has 0 bridgehead atoms. The average molecular weight is 495 g/mol. The van der Waals surface area contributed by atoms with Gasteiger partial charge < -0.3 is 14.4 Å². The fraction of sp³-hybridized carbons (Fsp3) is 0.394. The predicted octanol–water partition coefficient (Wildman–Crippen LogP) is 6.16. The van der Waals surface area contributed by atoms with Crippen LogP contribution < -0.4 is 14.4 Å². The Kier molecular flexibility index (Phi) is 6.24. The molecular formula is C33H38N2O2. The van der Waals surface area contributed by atoms with Crippen molar-refractivity contribution in [2.45, 2.75) is 32.1 Å². The molecule has 0 saturated carbocycles. The molecule has 37 heavy (non-hydrogen) atoms. The van der Waals surface area contributed by atoms with Gasteiger partial charge in [0.05, 0.1) is 14.2 Å². The molecule has 6 rings (SSSR count). The number of ether oxygens (including phenoxy) is 2. The number of piperazine rings is 1. The molecule has 3 aromatic carbocycles. The number of hydrogen-bond donors (Lipinski definition) is 0. The van der Waals surface area contributed by atoms with Crippen LogP contribution in [0.15, 0.2) is 66.7 Å². The normalized spacial score (nSPS) is 20.8. The molecule has 1 unspecified atom stereocenters.